The van der Waals surface area contributed by atoms with Gasteiger partial charge in [-0.05, 0) is 36.2 Å². The molecule has 0 unspecified atom stereocenters. The summed E-state index contributed by atoms with van der Waals surface area (Å²) in [6, 6.07) is 8.61. The van der Waals surface area contributed by atoms with Crippen molar-refractivity contribution in [2.75, 3.05) is 6.54 Å². The Morgan fingerprint density at radius 1 is 1.32 bits per heavy atom. The average molecular weight is 261 g/mol. The molecule has 4 heteroatoms. The minimum atomic E-state index is -0.205. The van der Waals surface area contributed by atoms with Crippen LogP contribution in [0.1, 0.15) is 25.1 Å². The summed E-state index contributed by atoms with van der Waals surface area (Å²) in [6.07, 6.45) is 1.93. The fourth-order valence-corrected chi connectivity index (χ4v) is 1.90. The lowest BCUT2D eigenvalue weighted by Gasteiger charge is -2.05. The molecule has 2 aromatic rings. The van der Waals surface area contributed by atoms with Gasteiger partial charge >= 0.3 is 0 Å². The number of rotatable bonds is 6. The van der Waals surface area contributed by atoms with Gasteiger partial charge in [-0.15, -0.1) is 0 Å². The van der Waals surface area contributed by atoms with E-state index in [4.69, 9.17) is 0 Å². The van der Waals surface area contributed by atoms with Gasteiger partial charge in [0.2, 0.25) is 0 Å². The van der Waals surface area contributed by atoms with Gasteiger partial charge in [0.05, 0.1) is 12.2 Å². The van der Waals surface area contributed by atoms with E-state index in [1.807, 2.05) is 23.0 Å². The van der Waals surface area contributed by atoms with E-state index in [0.29, 0.717) is 12.5 Å². The Kier molecular flexibility index (Phi) is 4.68. The Bertz CT molecular complexity index is 520. The van der Waals surface area contributed by atoms with Gasteiger partial charge in [-0.1, -0.05) is 26.0 Å². The van der Waals surface area contributed by atoms with Crippen LogP contribution in [0.15, 0.2) is 36.5 Å². The van der Waals surface area contributed by atoms with Crippen LogP contribution in [0.2, 0.25) is 0 Å². The first-order chi connectivity index (χ1) is 9.13. The second-order valence-electron chi connectivity index (χ2n) is 5.16. The first-order valence-corrected chi connectivity index (χ1v) is 6.61. The van der Waals surface area contributed by atoms with Crippen molar-refractivity contribution >= 4 is 0 Å². The number of halogens is 1. The Hall–Kier alpha value is -1.68. The number of nitrogens with zero attached hydrogens (tertiary/aromatic N) is 2. The Morgan fingerprint density at radius 3 is 2.89 bits per heavy atom. The number of benzene rings is 1. The van der Waals surface area contributed by atoms with Crippen molar-refractivity contribution < 1.29 is 4.39 Å². The third-order valence-corrected chi connectivity index (χ3v) is 2.79. The van der Waals surface area contributed by atoms with E-state index in [0.717, 1.165) is 24.3 Å². The lowest BCUT2D eigenvalue weighted by molar-refractivity contribution is 0.543. The molecule has 1 aromatic carbocycles. The standard InChI is InChI=1S/C15H20FN3/c1-12(2)9-17-10-15-6-7-19(18-15)11-13-4-3-5-14(16)8-13/h3-8,12,17H,9-11H2,1-2H3. The summed E-state index contributed by atoms with van der Waals surface area (Å²) in [7, 11) is 0. The molecule has 0 amide bonds. The van der Waals surface area contributed by atoms with Crippen LogP contribution in [0.25, 0.3) is 0 Å². The monoisotopic (exact) mass is 261 g/mol. The summed E-state index contributed by atoms with van der Waals surface area (Å²) in [5.41, 5.74) is 1.93. The quantitative estimate of drug-likeness (QED) is 0.866. The van der Waals surface area contributed by atoms with E-state index in [1.54, 1.807) is 12.1 Å². The molecule has 1 N–H and O–H groups in total. The second kappa shape index (κ2) is 6.48. The zero-order chi connectivity index (χ0) is 13.7. The Balaban J connectivity index is 1.90. The maximum atomic E-state index is 13.1. The Morgan fingerprint density at radius 2 is 2.16 bits per heavy atom. The number of aromatic nitrogens is 2. The third-order valence-electron chi connectivity index (χ3n) is 2.79. The zero-order valence-electron chi connectivity index (χ0n) is 11.4. The van der Waals surface area contributed by atoms with Crippen molar-refractivity contribution in [3.8, 4) is 0 Å². The Labute approximate surface area is 113 Å². The van der Waals surface area contributed by atoms with Gasteiger partial charge in [-0.25, -0.2) is 4.39 Å². The molecule has 1 heterocycles. The van der Waals surface area contributed by atoms with Crippen LogP contribution >= 0.6 is 0 Å². The third kappa shape index (κ3) is 4.48. The van der Waals surface area contributed by atoms with E-state index in [9.17, 15) is 4.39 Å². The molecule has 0 radical (unpaired) electrons. The predicted molar refractivity (Wildman–Crippen MR) is 74.3 cm³/mol. The molecule has 0 fully saturated rings. The minimum Gasteiger partial charge on any atom is -0.311 e. The molecule has 0 saturated carbocycles. The summed E-state index contributed by atoms with van der Waals surface area (Å²) in [5.74, 6) is 0.429. The highest BCUT2D eigenvalue weighted by molar-refractivity contribution is 5.16. The van der Waals surface area contributed by atoms with Crippen LogP contribution in [0.3, 0.4) is 0 Å². The van der Waals surface area contributed by atoms with Crippen molar-refractivity contribution in [2.24, 2.45) is 5.92 Å². The van der Waals surface area contributed by atoms with Gasteiger partial charge in [-0.3, -0.25) is 4.68 Å². The molecule has 0 atom stereocenters. The number of hydrogen-bond acceptors (Lipinski definition) is 2. The molecular weight excluding hydrogens is 241 g/mol. The van der Waals surface area contributed by atoms with Gasteiger partial charge in [0.1, 0.15) is 5.82 Å². The molecule has 2 rings (SSSR count). The van der Waals surface area contributed by atoms with Crippen molar-refractivity contribution in [3.05, 3.63) is 53.6 Å². The fraction of sp³-hybridized carbons (Fsp3) is 0.400. The molecule has 0 bridgehead atoms. The molecule has 19 heavy (non-hydrogen) atoms. The number of hydrogen-bond donors (Lipinski definition) is 1. The zero-order valence-corrected chi connectivity index (χ0v) is 11.4. The summed E-state index contributed by atoms with van der Waals surface area (Å²) >= 11 is 0. The molecule has 0 aliphatic carbocycles. The van der Waals surface area contributed by atoms with Gasteiger partial charge in [0, 0.05) is 12.7 Å². The van der Waals surface area contributed by atoms with Crippen LogP contribution in [0.5, 0.6) is 0 Å². The van der Waals surface area contributed by atoms with Crippen molar-refractivity contribution in [3.63, 3.8) is 0 Å². The van der Waals surface area contributed by atoms with Crippen LogP contribution in [0.4, 0.5) is 4.39 Å². The molecule has 0 aliphatic rings. The fourth-order valence-electron chi connectivity index (χ4n) is 1.90. The smallest absolute Gasteiger partial charge is 0.123 e. The highest BCUT2D eigenvalue weighted by Crippen LogP contribution is 2.06. The minimum absolute atomic E-state index is 0.205. The van der Waals surface area contributed by atoms with Gasteiger partial charge < -0.3 is 5.32 Å². The lowest BCUT2D eigenvalue weighted by Crippen LogP contribution is -2.19. The average Bonchev–Trinajstić information content (AvgIpc) is 2.76. The first kappa shape index (κ1) is 13.7. The van der Waals surface area contributed by atoms with Crippen molar-refractivity contribution in [1.82, 2.24) is 15.1 Å². The summed E-state index contributed by atoms with van der Waals surface area (Å²) < 4.78 is 14.9. The van der Waals surface area contributed by atoms with Gasteiger partial charge in [-0.2, -0.15) is 5.10 Å². The number of nitrogens with one attached hydrogen (secondary N) is 1. The SMILES string of the molecule is CC(C)CNCc1ccn(Cc2cccc(F)c2)n1. The molecule has 1 aromatic heterocycles. The molecule has 102 valence electrons. The van der Waals surface area contributed by atoms with Gasteiger partial charge in [0.25, 0.3) is 0 Å². The van der Waals surface area contributed by atoms with Crippen LogP contribution < -0.4 is 5.32 Å². The lowest BCUT2D eigenvalue weighted by atomic mass is 10.2. The predicted octanol–water partition coefficient (Wildman–Crippen LogP) is 2.82. The van der Waals surface area contributed by atoms with Crippen LogP contribution in [0, 0.1) is 11.7 Å². The van der Waals surface area contributed by atoms with E-state index in [-0.39, 0.29) is 5.82 Å². The maximum Gasteiger partial charge on any atom is 0.123 e. The molecule has 0 spiro atoms. The largest absolute Gasteiger partial charge is 0.311 e. The van der Waals surface area contributed by atoms with E-state index >= 15 is 0 Å². The summed E-state index contributed by atoms with van der Waals surface area (Å²) in [4.78, 5) is 0. The topological polar surface area (TPSA) is 29.9 Å². The maximum absolute atomic E-state index is 13.1. The first-order valence-electron chi connectivity index (χ1n) is 6.61. The van der Waals surface area contributed by atoms with Crippen LogP contribution in [-0.4, -0.2) is 16.3 Å². The highest BCUT2D eigenvalue weighted by atomic mass is 19.1. The molecule has 0 aliphatic heterocycles. The highest BCUT2D eigenvalue weighted by Gasteiger charge is 2.01. The van der Waals surface area contributed by atoms with E-state index < -0.39 is 0 Å². The summed E-state index contributed by atoms with van der Waals surface area (Å²) in [5, 5.41) is 7.82. The molecule has 3 nitrogen and oxygen atoms in total. The van der Waals surface area contributed by atoms with E-state index in [2.05, 4.69) is 24.3 Å². The van der Waals surface area contributed by atoms with Crippen molar-refractivity contribution in [1.29, 1.82) is 0 Å². The normalized spacial score (nSPS) is 11.2. The van der Waals surface area contributed by atoms with Gasteiger partial charge in [0.15, 0.2) is 0 Å². The molecule has 0 saturated heterocycles. The summed E-state index contributed by atoms with van der Waals surface area (Å²) in [6.45, 7) is 6.71. The van der Waals surface area contributed by atoms with Crippen LogP contribution in [-0.2, 0) is 13.1 Å². The van der Waals surface area contributed by atoms with Crippen molar-refractivity contribution in [2.45, 2.75) is 26.9 Å². The second-order valence-corrected chi connectivity index (χ2v) is 5.16. The van der Waals surface area contributed by atoms with E-state index in [1.165, 1.54) is 6.07 Å². The molecular formula is C15H20FN3.